The van der Waals surface area contributed by atoms with Crippen LogP contribution in [0.3, 0.4) is 0 Å². The Morgan fingerprint density at radius 1 is 1.21 bits per heavy atom. The van der Waals surface area contributed by atoms with Crippen molar-refractivity contribution in [3.05, 3.63) is 29.8 Å². The lowest BCUT2D eigenvalue weighted by Gasteiger charge is -2.36. The number of hydrogen-bond donors (Lipinski definition) is 1. The number of rotatable bonds is 5. The predicted octanol–water partition coefficient (Wildman–Crippen LogP) is 2.96. The zero-order chi connectivity index (χ0) is 13.8. The van der Waals surface area contributed by atoms with Crippen LogP contribution in [0.15, 0.2) is 24.3 Å². The zero-order valence-corrected chi connectivity index (χ0v) is 12.3. The first kappa shape index (κ1) is 14.4. The number of benzene rings is 1. The third-order valence-electron chi connectivity index (χ3n) is 4.29. The highest BCUT2D eigenvalue weighted by molar-refractivity contribution is 5.30. The Labute approximate surface area is 116 Å². The minimum absolute atomic E-state index is 0.124. The van der Waals surface area contributed by atoms with Crippen molar-refractivity contribution in [1.29, 1.82) is 0 Å². The molecule has 106 valence electrons. The first-order valence-corrected chi connectivity index (χ1v) is 7.25. The van der Waals surface area contributed by atoms with Crippen molar-refractivity contribution in [2.45, 2.75) is 50.7 Å². The van der Waals surface area contributed by atoms with Gasteiger partial charge in [0.15, 0.2) is 0 Å². The van der Waals surface area contributed by atoms with Crippen LogP contribution < -0.4 is 10.5 Å². The summed E-state index contributed by atoms with van der Waals surface area (Å²) < 4.78 is 5.22. The van der Waals surface area contributed by atoms with Gasteiger partial charge in [-0.05, 0) is 44.5 Å². The van der Waals surface area contributed by atoms with Gasteiger partial charge in [-0.15, -0.1) is 0 Å². The SMILES string of the molecule is COc1ccc(C(C(C)N)N(C)C2CCCC2)cc1. The molecule has 0 amide bonds. The van der Waals surface area contributed by atoms with E-state index in [1.165, 1.54) is 31.2 Å². The molecule has 3 nitrogen and oxygen atoms in total. The summed E-state index contributed by atoms with van der Waals surface area (Å²) in [7, 11) is 3.91. The Kier molecular flexibility index (Phi) is 4.83. The van der Waals surface area contributed by atoms with E-state index in [2.05, 4.69) is 31.0 Å². The summed E-state index contributed by atoms with van der Waals surface area (Å²) in [5.74, 6) is 0.899. The molecule has 2 N–H and O–H groups in total. The highest BCUT2D eigenvalue weighted by Gasteiger charge is 2.28. The number of methoxy groups -OCH3 is 1. The predicted molar refractivity (Wildman–Crippen MR) is 79.4 cm³/mol. The first-order chi connectivity index (χ1) is 9.13. The summed E-state index contributed by atoms with van der Waals surface area (Å²) in [6.07, 6.45) is 5.30. The van der Waals surface area contributed by atoms with Gasteiger partial charge in [-0.1, -0.05) is 25.0 Å². The lowest BCUT2D eigenvalue weighted by atomic mass is 9.97. The second kappa shape index (κ2) is 6.40. The van der Waals surface area contributed by atoms with Gasteiger partial charge in [0, 0.05) is 18.1 Å². The molecule has 0 spiro atoms. The molecule has 0 aliphatic heterocycles. The van der Waals surface area contributed by atoms with Gasteiger partial charge in [0.1, 0.15) is 5.75 Å². The number of ether oxygens (including phenoxy) is 1. The van der Waals surface area contributed by atoms with Crippen LogP contribution in [0, 0.1) is 0 Å². The van der Waals surface area contributed by atoms with Gasteiger partial charge in [0.05, 0.1) is 7.11 Å². The number of likely N-dealkylation sites (N-methyl/N-ethyl adjacent to an activating group) is 1. The number of nitrogens with two attached hydrogens (primary N) is 1. The number of nitrogens with zero attached hydrogens (tertiary/aromatic N) is 1. The molecule has 0 radical (unpaired) electrons. The summed E-state index contributed by atoms with van der Waals surface area (Å²) in [4.78, 5) is 2.47. The zero-order valence-electron chi connectivity index (χ0n) is 12.3. The molecule has 1 saturated carbocycles. The Bertz CT molecular complexity index is 382. The minimum atomic E-state index is 0.124. The molecule has 2 rings (SSSR count). The maximum absolute atomic E-state index is 6.23. The molecule has 0 bridgehead atoms. The summed E-state index contributed by atoms with van der Waals surface area (Å²) >= 11 is 0. The topological polar surface area (TPSA) is 38.5 Å². The van der Waals surface area contributed by atoms with Gasteiger partial charge < -0.3 is 10.5 Å². The normalized spacial score (nSPS) is 19.6. The maximum Gasteiger partial charge on any atom is 0.118 e. The van der Waals surface area contributed by atoms with E-state index in [0.717, 1.165) is 5.75 Å². The van der Waals surface area contributed by atoms with Crippen LogP contribution in [0.25, 0.3) is 0 Å². The van der Waals surface area contributed by atoms with E-state index in [4.69, 9.17) is 10.5 Å². The van der Waals surface area contributed by atoms with E-state index in [-0.39, 0.29) is 12.1 Å². The van der Waals surface area contributed by atoms with Gasteiger partial charge in [0.25, 0.3) is 0 Å². The quantitative estimate of drug-likeness (QED) is 0.886. The van der Waals surface area contributed by atoms with Crippen molar-refractivity contribution in [3.8, 4) is 5.75 Å². The van der Waals surface area contributed by atoms with Crippen LogP contribution in [-0.2, 0) is 0 Å². The monoisotopic (exact) mass is 262 g/mol. The van der Waals surface area contributed by atoms with E-state index in [0.29, 0.717) is 6.04 Å². The second-order valence-corrected chi connectivity index (χ2v) is 5.68. The maximum atomic E-state index is 6.23. The van der Waals surface area contributed by atoms with Crippen LogP contribution in [0.4, 0.5) is 0 Å². The third kappa shape index (κ3) is 3.28. The molecule has 2 unspecified atom stereocenters. The van der Waals surface area contributed by atoms with Crippen LogP contribution in [-0.4, -0.2) is 31.1 Å². The van der Waals surface area contributed by atoms with Crippen molar-refractivity contribution < 1.29 is 4.74 Å². The van der Waals surface area contributed by atoms with Crippen LogP contribution >= 0.6 is 0 Å². The third-order valence-corrected chi connectivity index (χ3v) is 4.29. The van der Waals surface area contributed by atoms with E-state index < -0.39 is 0 Å². The molecular formula is C16H26N2O. The fraction of sp³-hybridized carbons (Fsp3) is 0.625. The Hall–Kier alpha value is -1.06. The van der Waals surface area contributed by atoms with Gasteiger partial charge >= 0.3 is 0 Å². The van der Waals surface area contributed by atoms with Crippen LogP contribution in [0.5, 0.6) is 5.75 Å². The lowest BCUT2D eigenvalue weighted by molar-refractivity contribution is 0.157. The fourth-order valence-electron chi connectivity index (χ4n) is 3.25. The molecule has 19 heavy (non-hydrogen) atoms. The smallest absolute Gasteiger partial charge is 0.118 e. The van der Waals surface area contributed by atoms with E-state index in [9.17, 15) is 0 Å². The van der Waals surface area contributed by atoms with Crippen molar-refractivity contribution in [2.24, 2.45) is 5.73 Å². The first-order valence-electron chi connectivity index (χ1n) is 7.25. The standard InChI is InChI=1S/C16H26N2O/c1-12(17)16(18(2)14-6-4-5-7-14)13-8-10-15(19-3)11-9-13/h8-12,14,16H,4-7,17H2,1-3H3. The Morgan fingerprint density at radius 3 is 2.26 bits per heavy atom. The summed E-state index contributed by atoms with van der Waals surface area (Å²) in [6.45, 7) is 2.10. The summed E-state index contributed by atoms with van der Waals surface area (Å²) in [5.41, 5.74) is 7.52. The van der Waals surface area contributed by atoms with Gasteiger partial charge in [-0.2, -0.15) is 0 Å². The molecule has 1 aliphatic carbocycles. The molecule has 0 saturated heterocycles. The molecule has 3 heteroatoms. The lowest BCUT2D eigenvalue weighted by Crippen LogP contribution is -2.41. The van der Waals surface area contributed by atoms with Crippen LogP contribution in [0.2, 0.25) is 0 Å². The van der Waals surface area contributed by atoms with E-state index in [1.807, 2.05) is 12.1 Å². The molecule has 1 aromatic carbocycles. The summed E-state index contributed by atoms with van der Waals surface area (Å²) in [6, 6.07) is 9.41. The average molecular weight is 262 g/mol. The Balaban J connectivity index is 2.18. The van der Waals surface area contributed by atoms with Crippen LogP contribution in [0.1, 0.15) is 44.2 Å². The van der Waals surface area contributed by atoms with E-state index >= 15 is 0 Å². The summed E-state index contributed by atoms with van der Waals surface area (Å²) in [5, 5.41) is 0. The number of hydrogen-bond acceptors (Lipinski definition) is 3. The molecule has 1 fully saturated rings. The van der Waals surface area contributed by atoms with Crippen molar-refractivity contribution in [2.75, 3.05) is 14.2 Å². The van der Waals surface area contributed by atoms with Gasteiger partial charge in [-0.25, -0.2) is 0 Å². The second-order valence-electron chi connectivity index (χ2n) is 5.68. The van der Waals surface area contributed by atoms with Gasteiger partial charge in [0.2, 0.25) is 0 Å². The highest BCUT2D eigenvalue weighted by Crippen LogP contribution is 2.31. The van der Waals surface area contributed by atoms with E-state index in [1.54, 1.807) is 7.11 Å². The van der Waals surface area contributed by atoms with Crippen molar-refractivity contribution >= 4 is 0 Å². The van der Waals surface area contributed by atoms with Crippen molar-refractivity contribution in [3.63, 3.8) is 0 Å². The molecule has 0 aromatic heterocycles. The Morgan fingerprint density at radius 2 is 1.79 bits per heavy atom. The molecule has 2 atom stereocenters. The largest absolute Gasteiger partial charge is 0.497 e. The van der Waals surface area contributed by atoms with Gasteiger partial charge in [-0.3, -0.25) is 4.90 Å². The minimum Gasteiger partial charge on any atom is -0.497 e. The average Bonchev–Trinajstić information content (AvgIpc) is 2.93. The highest BCUT2D eigenvalue weighted by atomic mass is 16.5. The fourth-order valence-corrected chi connectivity index (χ4v) is 3.25. The molecule has 1 aromatic rings. The molecule has 0 heterocycles. The molecular weight excluding hydrogens is 236 g/mol. The molecule has 1 aliphatic rings. The van der Waals surface area contributed by atoms with Crippen molar-refractivity contribution in [1.82, 2.24) is 4.90 Å².